The van der Waals surface area contributed by atoms with Gasteiger partial charge in [-0.3, -0.25) is 9.80 Å². The Morgan fingerprint density at radius 3 is 2.91 bits per heavy atom. The van der Waals surface area contributed by atoms with Crippen molar-refractivity contribution in [1.29, 1.82) is 0 Å². The zero-order chi connectivity index (χ0) is 15.4. The third kappa shape index (κ3) is 3.87. The summed E-state index contributed by atoms with van der Waals surface area (Å²) in [5.41, 5.74) is 0.957. The highest BCUT2D eigenvalue weighted by Crippen LogP contribution is 2.22. The molecule has 0 aliphatic carbocycles. The van der Waals surface area contributed by atoms with Gasteiger partial charge < -0.3 is 14.9 Å². The average molecular weight is 322 g/mol. The summed E-state index contributed by atoms with van der Waals surface area (Å²) in [4.78, 5) is 5.90. The Morgan fingerprint density at radius 1 is 1.32 bits per heavy atom. The van der Waals surface area contributed by atoms with Gasteiger partial charge in [0.25, 0.3) is 0 Å². The SMILES string of the molecule is OCC#Cc1csc(CN2C[C@@H](O)[C@H](N3CCOCC3)C2)c1. The van der Waals surface area contributed by atoms with Crippen molar-refractivity contribution in [3.05, 3.63) is 21.9 Å². The van der Waals surface area contributed by atoms with Crippen LogP contribution in [0.5, 0.6) is 0 Å². The van der Waals surface area contributed by atoms with Crippen molar-refractivity contribution in [2.75, 3.05) is 46.0 Å². The summed E-state index contributed by atoms with van der Waals surface area (Å²) in [5.74, 6) is 5.60. The molecule has 22 heavy (non-hydrogen) atoms. The molecule has 3 rings (SSSR count). The Balaban J connectivity index is 1.56. The number of nitrogens with zero attached hydrogens (tertiary/aromatic N) is 2. The number of ether oxygens (including phenoxy) is 1. The molecule has 0 radical (unpaired) electrons. The van der Waals surface area contributed by atoms with Crippen LogP contribution in [0, 0.1) is 11.8 Å². The summed E-state index contributed by atoms with van der Waals surface area (Å²) in [6.45, 7) is 5.72. The molecule has 2 N–H and O–H groups in total. The molecule has 1 aromatic heterocycles. The third-order valence-corrected chi connectivity index (χ3v) is 5.12. The normalized spacial score (nSPS) is 26.8. The minimum absolute atomic E-state index is 0.106. The second-order valence-electron chi connectivity index (χ2n) is 5.74. The predicted molar refractivity (Wildman–Crippen MR) is 85.7 cm³/mol. The molecule has 2 fully saturated rings. The van der Waals surface area contributed by atoms with E-state index >= 15 is 0 Å². The largest absolute Gasteiger partial charge is 0.390 e. The zero-order valence-electron chi connectivity index (χ0n) is 12.6. The summed E-state index contributed by atoms with van der Waals surface area (Å²) in [6.07, 6.45) is -0.285. The average Bonchev–Trinajstić information content (AvgIpc) is 3.13. The smallest absolute Gasteiger partial charge is 0.104 e. The van der Waals surface area contributed by atoms with E-state index in [1.807, 2.05) is 5.38 Å². The fraction of sp³-hybridized carbons (Fsp3) is 0.625. The molecule has 0 spiro atoms. The van der Waals surface area contributed by atoms with Crippen LogP contribution in [0.25, 0.3) is 0 Å². The van der Waals surface area contributed by atoms with Crippen LogP contribution in [0.2, 0.25) is 0 Å². The van der Waals surface area contributed by atoms with Crippen molar-refractivity contribution in [1.82, 2.24) is 9.80 Å². The van der Waals surface area contributed by atoms with Crippen molar-refractivity contribution in [3.8, 4) is 11.8 Å². The molecule has 0 unspecified atom stereocenters. The number of morpholine rings is 1. The molecule has 2 atom stereocenters. The van der Waals surface area contributed by atoms with Gasteiger partial charge in [0.15, 0.2) is 0 Å². The van der Waals surface area contributed by atoms with Crippen LogP contribution < -0.4 is 0 Å². The van der Waals surface area contributed by atoms with Gasteiger partial charge in [0.2, 0.25) is 0 Å². The molecule has 1 aromatic rings. The van der Waals surface area contributed by atoms with Crippen LogP contribution in [0.15, 0.2) is 11.4 Å². The standard InChI is InChI=1S/C16H22N2O3S/c19-5-1-2-13-8-14(22-12-13)9-17-10-15(16(20)11-17)18-3-6-21-7-4-18/h8,12,15-16,19-20H,3-7,9-11H2/t15-,16-/m1/s1. The molecule has 2 saturated heterocycles. The van der Waals surface area contributed by atoms with Crippen LogP contribution in [0.4, 0.5) is 0 Å². The number of likely N-dealkylation sites (tertiary alicyclic amines) is 1. The van der Waals surface area contributed by atoms with Crippen molar-refractivity contribution in [3.63, 3.8) is 0 Å². The molecular formula is C16H22N2O3S. The van der Waals surface area contributed by atoms with Gasteiger partial charge in [0.05, 0.1) is 19.3 Å². The summed E-state index contributed by atoms with van der Waals surface area (Å²) in [5, 5.41) is 21.1. The van der Waals surface area contributed by atoms with Gasteiger partial charge in [-0.25, -0.2) is 0 Å². The first-order chi connectivity index (χ1) is 10.8. The molecule has 0 amide bonds. The third-order valence-electron chi connectivity index (χ3n) is 4.19. The number of hydrogen-bond donors (Lipinski definition) is 2. The van der Waals surface area contributed by atoms with Gasteiger partial charge in [-0.1, -0.05) is 11.8 Å². The molecule has 0 bridgehead atoms. The lowest BCUT2D eigenvalue weighted by atomic mass is 10.2. The highest BCUT2D eigenvalue weighted by atomic mass is 32.1. The Morgan fingerprint density at radius 2 is 2.14 bits per heavy atom. The van der Waals surface area contributed by atoms with Gasteiger partial charge in [0, 0.05) is 54.6 Å². The summed E-state index contributed by atoms with van der Waals surface area (Å²) >= 11 is 1.68. The topological polar surface area (TPSA) is 56.2 Å². The van der Waals surface area contributed by atoms with Crippen molar-refractivity contribution in [2.45, 2.75) is 18.7 Å². The fourth-order valence-corrected chi connectivity index (χ4v) is 3.99. The van der Waals surface area contributed by atoms with Gasteiger partial charge in [-0.05, 0) is 6.07 Å². The molecule has 2 aliphatic rings. The van der Waals surface area contributed by atoms with E-state index in [2.05, 4.69) is 27.7 Å². The molecule has 0 saturated carbocycles. The predicted octanol–water partition coefficient (Wildman–Crippen LogP) is -0.0308. The second kappa shape index (κ2) is 7.55. The maximum Gasteiger partial charge on any atom is 0.104 e. The quantitative estimate of drug-likeness (QED) is 0.766. The molecule has 3 heterocycles. The number of rotatable bonds is 3. The summed E-state index contributed by atoms with van der Waals surface area (Å²) < 4.78 is 5.39. The van der Waals surface area contributed by atoms with Gasteiger partial charge in [-0.2, -0.15) is 0 Å². The van der Waals surface area contributed by atoms with Crippen LogP contribution in [-0.2, 0) is 11.3 Å². The Bertz CT molecular complexity index is 545. The van der Waals surface area contributed by atoms with Crippen molar-refractivity contribution >= 4 is 11.3 Å². The number of aliphatic hydroxyl groups is 2. The Hall–Kier alpha value is -0.940. The minimum atomic E-state index is -0.285. The molecular weight excluding hydrogens is 300 g/mol. The first kappa shape index (κ1) is 15.9. The van der Waals surface area contributed by atoms with Gasteiger partial charge in [0.1, 0.15) is 6.61 Å². The summed E-state index contributed by atoms with van der Waals surface area (Å²) in [6, 6.07) is 2.29. The van der Waals surface area contributed by atoms with E-state index in [0.717, 1.165) is 51.5 Å². The minimum Gasteiger partial charge on any atom is -0.390 e. The number of hydrogen-bond acceptors (Lipinski definition) is 6. The van der Waals surface area contributed by atoms with Gasteiger partial charge >= 0.3 is 0 Å². The van der Waals surface area contributed by atoms with Crippen LogP contribution in [-0.4, -0.2) is 78.2 Å². The van der Waals surface area contributed by atoms with E-state index in [4.69, 9.17) is 9.84 Å². The molecule has 0 aromatic carbocycles. The lowest BCUT2D eigenvalue weighted by Crippen LogP contribution is -2.48. The second-order valence-corrected chi connectivity index (χ2v) is 6.73. The van der Waals surface area contributed by atoms with Crippen LogP contribution >= 0.6 is 11.3 Å². The van der Waals surface area contributed by atoms with Gasteiger partial charge in [-0.15, -0.1) is 11.3 Å². The van der Waals surface area contributed by atoms with Crippen LogP contribution in [0.1, 0.15) is 10.4 Å². The zero-order valence-corrected chi connectivity index (χ0v) is 13.4. The Labute approximate surface area is 135 Å². The van der Waals surface area contributed by atoms with E-state index in [-0.39, 0.29) is 18.8 Å². The monoisotopic (exact) mass is 322 g/mol. The highest BCUT2D eigenvalue weighted by Gasteiger charge is 2.35. The number of aliphatic hydroxyl groups excluding tert-OH is 2. The van der Waals surface area contributed by atoms with E-state index in [1.54, 1.807) is 11.3 Å². The lowest BCUT2D eigenvalue weighted by Gasteiger charge is -2.33. The van der Waals surface area contributed by atoms with E-state index in [1.165, 1.54) is 4.88 Å². The maximum absolute atomic E-state index is 10.3. The first-order valence-corrected chi connectivity index (χ1v) is 8.53. The van der Waals surface area contributed by atoms with Crippen molar-refractivity contribution in [2.24, 2.45) is 0 Å². The molecule has 6 heteroatoms. The number of β-amino-alcohol motifs (C(OH)–C–C–N with tert-alkyl or cyclic N) is 1. The lowest BCUT2D eigenvalue weighted by molar-refractivity contribution is -0.00617. The molecule has 5 nitrogen and oxygen atoms in total. The molecule has 2 aliphatic heterocycles. The first-order valence-electron chi connectivity index (χ1n) is 7.65. The maximum atomic E-state index is 10.3. The Kier molecular flexibility index (Phi) is 5.47. The van der Waals surface area contributed by atoms with Crippen LogP contribution in [0.3, 0.4) is 0 Å². The van der Waals surface area contributed by atoms with E-state index < -0.39 is 0 Å². The van der Waals surface area contributed by atoms with E-state index in [9.17, 15) is 5.11 Å². The fourth-order valence-electron chi connectivity index (χ4n) is 3.14. The van der Waals surface area contributed by atoms with Crippen molar-refractivity contribution < 1.29 is 14.9 Å². The number of thiophene rings is 1. The highest BCUT2D eigenvalue weighted by molar-refractivity contribution is 7.10. The summed E-state index contributed by atoms with van der Waals surface area (Å²) in [7, 11) is 0. The molecule has 120 valence electrons. The van der Waals surface area contributed by atoms with E-state index in [0.29, 0.717) is 0 Å².